The zero-order valence-corrected chi connectivity index (χ0v) is 16.3. The van der Waals surface area contributed by atoms with E-state index in [0.29, 0.717) is 29.8 Å². The maximum atomic E-state index is 12.9. The Morgan fingerprint density at radius 1 is 1.36 bits per heavy atom. The highest BCUT2D eigenvalue weighted by atomic mass is 35.5. The molecule has 134 valence electrons. The van der Waals surface area contributed by atoms with E-state index in [1.54, 1.807) is 12.1 Å². The zero-order chi connectivity index (χ0) is 17.8. The third-order valence-corrected chi connectivity index (χ3v) is 5.63. The SMILES string of the molecule is CCCN(C(=O)C1CCOCC1)c1nc(-c2ccc(Cl)cc2Cl)cs1. The summed E-state index contributed by atoms with van der Waals surface area (Å²) in [7, 11) is 0. The molecular weight excluding hydrogens is 379 g/mol. The molecule has 0 radical (unpaired) electrons. The Kier molecular flexibility index (Phi) is 6.34. The van der Waals surface area contributed by atoms with Crippen molar-refractivity contribution < 1.29 is 9.53 Å². The Morgan fingerprint density at radius 3 is 2.80 bits per heavy atom. The maximum absolute atomic E-state index is 12.9. The molecule has 0 saturated carbocycles. The quantitative estimate of drug-likeness (QED) is 0.687. The van der Waals surface area contributed by atoms with E-state index in [2.05, 4.69) is 11.9 Å². The number of hydrogen-bond acceptors (Lipinski definition) is 4. The van der Waals surface area contributed by atoms with Crippen molar-refractivity contribution in [2.75, 3.05) is 24.7 Å². The summed E-state index contributed by atoms with van der Waals surface area (Å²) in [5, 5.41) is 3.80. The van der Waals surface area contributed by atoms with Gasteiger partial charge in [0.2, 0.25) is 5.91 Å². The predicted octanol–water partition coefficient (Wildman–Crippen LogP) is 5.29. The molecule has 1 amide bonds. The van der Waals surface area contributed by atoms with Gasteiger partial charge >= 0.3 is 0 Å². The molecule has 1 aromatic heterocycles. The molecule has 25 heavy (non-hydrogen) atoms. The molecule has 0 unspecified atom stereocenters. The van der Waals surface area contributed by atoms with Gasteiger partial charge in [-0.3, -0.25) is 9.69 Å². The van der Waals surface area contributed by atoms with E-state index in [9.17, 15) is 4.79 Å². The van der Waals surface area contributed by atoms with E-state index in [1.165, 1.54) is 11.3 Å². The largest absolute Gasteiger partial charge is 0.381 e. The van der Waals surface area contributed by atoms with E-state index in [-0.39, 0.29) is 11.8 Å². The summed E-state index contributed by atoms with van der Waals surface area (Å²) in [6.07, 6.45) is 2.44. The van der Waals surface area contributed by atoms with Crippen molar-refractivity contribution in [2.24, 2.45) is 5.92 Å². The number of anilines is 1. The number of carbonyl (C=O) groups excluding carboxylic acids is 1. The van der Waals surface area contributed by atoms with Crippen LogP contribution in [-0.4, -0.2) is 30.6 Å². The first kappa shape index (κ1) is 18.6. The van der Waals surface area contributed by atoms with E-state index < -0.39 is 0 Å². The van der Waals surface area contributed by atoms with Crippen LogP contribution in [0.2, 0.25) is 10.0 Å². The Morgan fingerprint density at radius 2 is 2.12 bits per heavy atom. The predicted molar refractivity (Wildman–Crippen MR) is 104 cm³/mol. The van der Waals surface area contributed by atoms with Crippen LogP contribution in [0.4, 0.5) is 5.13 Å². The molecule has 1 fully saturated rings. The number of thiazole rings is 1. The lowest BCUT2D eigenvalue weighted by Crippen LogP contribution is -2.39. The Hall–Kier alpha value is -1.14. The van der Waals surface area contributed by atoms with E-state index in [0.717, 1.165) is 35.7 Å². The van der Waals surface area contributed by atoms with Crippen LogP contribution in [0.25, 0.3) is 11.3 Å². The monoisotopic (exact) mass is 398 g/mol. The van der Waals surface area contributed by atoms with Crippen LogP contribution in [0, 0.1) is 5.92 Å². The van der Waals surface area contributed by atoms with Gasteiger partial charge in [0.1, 0.15) is 0 Å². The molecule has 0 atom stereocenters. The first-order valence-corrected chi connectivity index (χ1v) is 10.0. The minimum absolute atomic E-state index is 0.0202. The van der Waals surface area contributed by atoms with Gasteiger partial charge in [0.15, 0.2) is 5.13 Å². The lowest BCUT2D eigenvalue weighted by Gasteiger charge is -2.27. The highest BCUT2D eigenvalue weighted by molar-refractivity contribution is 7.14. The second-order valence-electron chi connectivity index (χ2n) is 6.02. The molecule has 1 aliphatic rings. The summed E-state index contributed by atoms with van der Waals surface area (Å²) in [6.45, 7) is 4.03. The summed E-state index contributed by atoms with van der Waals surface area (Å²) >= 11 is 13.7. The highest BCUT2D eigenvalue weighted by Crippen LogP contribution is 2.34. The van der Waals surface area contributed by atoms with Crippen molar-refractivity contribution in [3.63, 3.8) is 0 Å². The summed E-state index contributed by atoms with van der Waals surface area (Å²) in [6, 6.07) is 5.35. The molecule has 1 saturated heterocycles. The zero-order valence-electron chi connectivity index (χ0n) is 14.0. The molecule has 0 N–H and O–H groups in total. The van der Waals surface area contributed by atoms with Crippen LogP contribution in [-0.2, 0) is 9.53 Å². The summed E-state index contributed by atoms with van der Waals surface area (Å²) < 4.78 is 5.37. The van der Waals surface area contributed by atoms with Gasteiger partial charge in [0.05, 0.1) is 10.7 Å². The number of benzene rings is 1. The smallest absolute Gasteiger partial charge is 0.232 e. The lowest BCUT2D eigenvalue weighted by atomic mass is 9.99. The van der Waals surface area contributed by atoms with Gasteiger partial charge in [-0.15, -0.1) is 11.3 Å². The average Bonchev–Trinajstić information content (AvgIpc) is 3.09. The van der Waals surface area contributed by atoms with Crippen LogP contribution in [0.15, 0.2) is 23.6 Å². The number of hydrogen-bond donors (Lipinski definition) is 0. The standard InChI is InChI=1S/C18H20Cl2N2O2S/c1-2-7-22(17(23)12-5-8-24-9-6-12)18-21-16(11-25-18)14-4-3-13(19)10-15(14)20/h3-4,10-12H,2,5-9H2,1H3. The molecule has 2 aromatic rings. The molecule has 2 heterocycles. The van der Waals surface area contributed by atoms with E-state index >= 15 is 0 Å². The van der Waals surface area contributed by atoms with Gasteiger partial charge in [-0.1, -0.05) is 30.1 Å². The maximum Gasteiger partial charge on any atom is 0.232 e. The van der Waals surface area contributed by atoms with E-state index in [1.807, 2.05) is 16.3 Å². The molecule has 0 aliphatic carbocycles. The third kappa shape index (κ3) is 4.34. The van der Waals surface area contributed by atoms with Crippen LogP contribution in [0.3, 0.4) is 0 Å². The summed E-state index contributed by atoms with van der Waals surface area (Å²) in [5.74, 6) is 0.167. The van der Waals surface area contributed by atoms with Crippen molar-refractivity contribution in [1.29, 1.82) is 0 Å². The van der Waals surface area contributed by atoms with E-state index in [4.69, 9.17) is 27.9 Å². The fraction of sp³-hybridized carbons (Fsp3) is 0.444. The molecular formula is C18H20Cl2N2O2S. The minimum atomic E-state index is 0.0202. The lowest BCUT2D eigenvalue weighted by molar-refractivity contribution is -0.125. The van der Waals surface area contributed by atoms with Crippen molar-refractivity contribution in [2.45, 2.75) is 26.2 Å². The summed E-state index contributed by atoms with van der Waals surface area (Å²) in [5.41, 5.74) is 1.59. The average molecular weight is 399 g/mol. The molecule has 7 heteroatoms. The van der Waals surface area contributed by atoms with Crippen LogP contribution in [0.5, 0.6) is 0 Å². The van der Waals surface area contributed by atoms with Crippen molar-refractivity contribution in [3.05, 3.63) is 33.6 Å². The highest BCUT2D eigenvalue weighted by Gasteiger charge is 2.28. The molecule has 1 aliphatic heterocycles. The van der Waals surface area contributed by atoms with Crippen molar-refractivity contribution in [3.8, 4) is 11.3 Å². The fourth-order valence-corrected chi connectivity index (χ4v) is 4.26. The van der Waals surface area contributed by atoms with Gasteiger partial charge in [0.25, 0.3) is 0 Å². The molecule has 0 bridgehead atoms. The van der Waals surface area contributed by atoms with Gasteiger partial charge in [-0.25, -0.2) is 4.98 Å². The first-order chi connectivity index (χ1) is 12.1. The second kappa shape index (κ2) is 8.49. The van der Waals surface area contributed by atoms with Gasteiger partial charge < -0.3 is 4.74 Å². The number of amides is 1. The Balaban J connectivity index is 1.85. The number of carbonyl (C=O) groups is 1. The number of nitrogens with zero attached hydrogens (tertiary/aromatic N) is 2. The fourth-order valence-electron chi connectivity index (χ4n) is 2.90. The molecule has 3 rings (SSSR count). The topological polar surface area (TPSA) is 42.4 Å². The van der Waals surface area contributed by atoms with Crippen molar-refractivity contribution in [1.82, 2.24) is 4.98 Å². The normalized spacial score (nSPS) is 15.3. The van der Waals surface area contributed by atoms with Gasteiger partial charge in [-0.05, 0) is 37.5 Å². The van der Waals surface area contributed by atoms with Crippen LogP contribution in [0.1, 0.15) is 26.2 Å². The van der Waals surface area contributed by atoms with Crippen molar-refractivity contribution >= 4 is 45.6 Å². The van der Waals surface area contributed by atoms with Gasteiger partial charge in [0, 0.05) is 41.6 Å². The second-order valence-corrected chi connectivity index (χ2v) is 7.70. The Labute approximate surface area is 161 Å². The molecule has 0 spiro atoms. The number of aromatic nitrogens is 1. The molecule has 4 nitrogen and oxygen atoms in total. The summed E-state index contributed by atoms with van der Waals surface area (Å²) in [4.78, 5) is 19.4. The Bertz CT molecular complexity index is 744. The van der Waals surface area contributed by atoms with Gasteiger partial charge in [-0.2, -0.15) is 0 Å². The first-order valence-electron chi connectivity index (χ1n) is 8.40. The molecule has 1 aromatic carbocycles. The minimum Gasteiger partial charge on any atom is -0.381 e. The van der Waals surface area contributed by atoms with Crippen LogP contribution < -0.4 is 4.90 Å². The number of rotatable bonds is 5. The van der Waals surface area contributed by atoms with Crippen LogP contribution >= 0.6 is 34.5 Å². The number of halogens is 2. The number of ether oxygens (including phenoxy) is 1. The third-order valence-electron chi connectivity index (χ3n) is 4.21.